The first-order chi connectivity index (χ1) is 12.7. The molecular formula is C21H29N3O2. The molecule has 1 amide bonds. The predicted octanol–water partition coefficient (Wildman–Crippen LogP) is 3.05. The first-order valence-electron chi connectivity index (χ1n) is 9.52. The molecule has 0 saturated carbocycles. The van der Waals surface area contributed by atoms with Gasteiger partial charge in [-0.1, -0.05) is 18.2 Å². The molecule has 0 bridgehead atoms. The monoisotopic (exact) mass is 355 g/mol. The number of rotatable bonds is 8. The van der Waals surface area contributed by atoms with E-state index in [0.717, 1.165) is 44.3 Å². The maximum atomic E-state index is 11.8. The highest BCUT2D eigenvalue weighted by molar-refractivity contribution is 5.94. The number of likely N-dealkylation sites (tertiary alicyclic amines) is 1. The zero-order valence-corrected chi connectivity index (χ0v) is 15.6. The molecule has 1 saturated heterocycles. The van der Waals surface area contributed by atoms with Crippen LogP contribution in [-0.2, 0) is 0 Å². The number of hydrogen-bond donors (Lipinski definition) is 1. The van der Waals surface area contributed by atoms with E-state index in [1.54, 1.807) is 25.4 Å². The van der Waals surface area contributed by atoms with Crippen LogP contribution < -0.4 is 10.1 Å². The van der Waals surface area contributed by atoms with Crippen molar-refractivity contribution in [1.82, 2.24) is 15.2 Å². The minimum atomic E-state index is -0.129. The number of aromatic nitrogens is 1. The molecule has 0 unspecified atom stereocenters. The number of allylic oxidation sites excluding steroid dienone is 3. The SMILES string of the molecule is C=CCC[C@@H](CN1C[C@H]2CC=CC[C@H]2C1)Oc1cc(C(=O)NC)ccn1. The van der Waals surface area contributed by atoms with Gasteiger partial charge in [-0.05, 0) is 43.6 Å². The van der Waals surface area contributed by atoms with Gasteiger partial charge in [0.2, 0.25) is 5.88 Å². The summed E-state index contributed by atoms with van der Waals surface area (Å²) >= 11 is 0. The Morgan fingerprint density at radius 1 is 1.42 bits per heavy atom. The molecule has 5 heteroatoms. The van der Waals surface area contributed by atoms with E-state index in [1.165, 1.54) is 12.8 Å². The van der Waals surface area contributed by atoms with E-state index in [0.29, 0.717) is 11.4 Å². The molecule has 140 valence electrons. The smallest absolute Gasteiger partial charge is 0.251 e. The van der Waals surface area contributed by atoms with Crippen LogP contribution in [0.2, 0.25) is 0 Å². The lowest BCUT2D eigenvalue weighted by molar-refractivity contribution is 0.0960. The second kappa shape index (κ2) is 8.99. The van der Waals surface area contributed by atoms with Gasteiger partial charge in [0.15, 0.2) is 0 Å². The number of ether oxygens (including phenoxy) is 1. The van der Waals surface area contributed by atoms with E-state index in [-0.39, 0.29) is 12.0 Å². The van der Waals surface area contributed by atoms with Crippen LogP contribution >= 0.6 is 0 Å². The van der Waals surface area contributed by atoms with E-state index in [4.69, 9.17) is 4.74 Å². The lowest BCUT2D eigenvalue weighted by atomic mass is 9.86. The van der Waals surface area contributed by atoms with Crippen molar-refractivity contribution in [2.24, 2.45) is 11.8 Å². The summed E-state index contributed by atoms with van der Waals surface area (Å²) in [5, 5.41) is 2.63. The minimum absolute atomic E-state index is 0.0496. The average Bonchev–Trinajstić information content (AvgIpc) is 3.08. The minimum Gasteiger partial charge on any atom is -0.473 e. The summed E-state index contributed by atoms with van der Waals surface area (Å²) in [6.07, 6.45) is 12.5. The van der Waals surface area contributed by atoms with Crippen molar-refractivity contribution < 1.29 is 9.53 Å². The second-order valence-electron chi connectivity index (χ2n) is 7.25. The number of nitrogens with zero attached hydrogens (tertiary/aromatic N) is 2. The van der Waals surface area contributed by atoms with Gasteiger partial charge in [0.25, 0.3) is 5.91 Å². The number of pyridine rings is 1. The van der Waals surface area contributed by atoms with Crippen LogP contribution in [0, 0.1) is 11.8 Å². The first kappa shape index (κ1) is 18.6. The Balaban J connectivity index is 1.63. The summed E-state index contributed by atoms with van der Waals surface area (Å²) in [6, 6.07) is 3.41. The summed E-state index contributed by atoms with van der Waals surface area (Å²) in [5.74, 6) is 1.96. The fourth-order valence-corrected chi connectivity index (χ4v) is 3.97. The highest BCUT2D eigenvalue weighted by Crippen LogP contribution is 2.33. The molecule has 1 aliphatic heterocycles. The van der Waals surface area contributed by atoms with E-state index in [2.05, 4.69) is 33.9 Å². The zero-order chi connectivity index (χ0) is 18.4. The van der Waals surface area contributed by atoms with Gasteiger partial charge in [0, 0.05) is 44.5 Å². The Bertz CT molecular complexity index is 642. The lowest BCUT2D eigenvalue weighted by Crippen LogP contribution is -2.34. The largest absolute Gasteiger partial charge is 0.473 e. The summed E-state index contributed by atoms with van der Waals surface area (Å²) in [5.41, 5.74) is 0.568. The summed E-state index contributed by atoms with van der Waals surface area (Å²) in [6.45, 7) is 7.02. The van der Waals surface area contributed by atoms with Gasteiger partial charge in [0.1, 0.15) is 6.10 Å². The van der Waals surface area contributed by atoms with Crippen molar-refractivity contribution >= 4 is 5.91 Å². The molecule has 1 fully saturated rings. The van der Waals surface area contributed by atoms with Gasteiger partial charge >= 0.3 is 0 Å². The number of carbonyl (C=O) groups is 1. The Hall–Kier alpha value is -2.14. The molecule has 3 atom stereocenters. The molecule has 2 heterocycles. The van der Waals surface area contributed by atoms with E-state index < -0.39 is 0 Å². The van der Waals surface area contributed by atoms with Crippen LogP contribution in [0.15, 0.2) is 43.1 Å². The quantitative estimate of drug-likeness (QED) is 0.728. The number of hydrogen-bond acceptors (Lipinski definition) is 4. The van der Waals surface area contributed by atoms with E-state index in [1.807, 2.05) is 6.08 Å². The third kappa shape index (κ3) is 4.73. The molecule has 1 N–H and O–H groups in total. The second-order valence-corrected chi connectivity index (χ2v) is 7.25. The zero-order valence-electron chi connectivity index (χ0n) is 15.6. The van der Waals surface area contributed by atoms with Crippen molar-refractivity contribution in [3.05, 3.63) is 48.7 Å². The maximum Gasteiger partial charge on any atom is 0.251 e. The van der Waals surface area contributed by atoms with Gasteiger partial charge in [-0.25, -0.2) is 4.98 Å². The lowest BCUT2D eigenvalue weighted by Gasteiger charge is -2.24. The fourth-order valence-electron chi connectivity index (χ4n) is 3.97. The Morgan fingerprint density at radius 3 is 2.81 bits per heavy atom. The van der Waals surface area contributed by atoms with Crippen molar-refractivity contribution in [2.45, 2.75) is 31.8 Å². The van der Waals surface area contributed by atoms with Crippen molar-refractivity contribution in [2.75, 3.05) is 26.7 Å². The molecule has 0 radical (unpaired) electrons. The van der Waals surface area contributed by atoms with Crippen LogP contribution in [0.5, 0.6) is 5.88 Å². The van der Waals surface area contributed by atoms with Crippen molar-refractivity contribution in [3.63, 3.8) is 0 Å². The summed E-state index contributed by atoms with van der Waals surface area (Å²) in [4.78, 5) is 18.6. The number of nitrogens with one attached hydrogen (secondary N) is 1. The van der Waals surface area contributed by atoms with Gasteiger partial charge in [-0.2, -0.15) is 0 Å². The highest BCUT2D eigenvalue weighted by Gasteiger charge is 2.33. The molecule has 1 aromatic heterocycles. The number of carbonyl (C=O) groups excluding carboxylic acids is 1. The molecule has 26 heavy (non-hydrogen) atoms. The van der Waals surface area contributed by atoms with Crippen LogP contribution in [0.25, 0.3) is 0 Å². The molecular weight excluding hydrogens is 326 g/mol. The molecule has 1 aliphatic carbocycles. The topological polar surface area (TPSA) is 54.5 Å². The van der Waals surface area contributed by atoms with Crippen LogP contribution in [0.3, 0.4) is 0 Å². The number of fused-ring (bicyclic) bond motifs is 1. The van der Waals surface area contributed by atoms with E-state index >= 15 is 0 Å². The normalized spacial score (nSPS) is 23.3. The Kier molecular flexibility index (Phi) is 6.45. The van der Waals surface area contributed by atoms with Crippen molar-refractivity contribution in [1.29, 1.82) is 0 Å². The third-order valence-electron chi connectivity index (χ3n) is 5.36. The summed E-state index contributed by atoms with van der Waals surface area (Å²) < 4.78 is 6.17. The molecule has 3 rings (SSSR count). The van der Waals surface area contributed by atoms with Gasteiger partial charge in [-0.15, -0.1) is 6.58 Å². The predicted molar refractivity (Wildman–Crippen MR) is 103 cm³/mol. The molecule has 0 spiro atoms. The van der Waals surface area contributed by atoms with Crippen molar-refractivity contribution in [3.8, 4) is 5.88 Å². The average molecular weight is 355 g/mol. The molecule has 0 aromatic carbocycles. The summed E-state index contributed by atoms with van der Waals surface area (Å²) in [7, 11) is 1.62. The van der Waals surface area contributed by atoms with Crippen LogP contribution in [-0.4, -0.2) is 48.6 Å². The Labute approximate surface area is 156 Å². The Morgan fingerprint density at radius 2 is 2.15 bits per heavy atom. The maximum absolute atomic E-state index is 11.8. The van der Waals surface area contributed by atoms with Crippen LogP contribution in [0.4, 0.5) is 0 Å². The molecule has 1 aromatic rings. The van der Waals surface area contributed by atoms with Gasteiger partial charge in [-0.3, -0.25) is 9.69 Å². The molecule has 5 nitrogen and oxygen atoms in total. The first-order valence-corrected chi connectivity index (χ1v) is 9.52. The fraction of sp³-hybridized carbons (Fsp3) is 0.524. The van der Waals surface area contributed by atoms with Crippen LogP contribution in [0.1, 0.15) is 36.0 Å². The standard InChI is InChI=1S/C21H29N3O2/c1-3-4-9-19(15-24-13-17-7-5-6-8-18(17)14-24)26-20-12-16(10-11-23-20)21(25)22-2/h3,5-6,10-12,17-19H,1,4,7-9,13-15H2,2H3,(H,22,25)/t17-,18+,19-/m0/s1. The molecule has 2 aliphatic rings. The van der Waals surface area contributed by atoms with E-state index in [9.17, 15) is 4.79 Å². The van der Waals surface area contributed by atoms with Gasteiger partial charge < -0.3 is 10.1 Å². The third-order valence-corrected chi connectivity index (χ3v) is 5.36. The highest BCUT2D eigenvalue weighted by atomic mass is 16.5. The number of amides is 1. The van der Waals surface area contributed by atoms with Gasteiger partial charge in [0.05, 0.1) is 0 Å².